The number of carbonyl (C=O) groups is 2. The molecule has 2 aromatic carbocycles. The van der Waals surface area contributed by atoms with Gasteiger partial charge >= 0.3 is 24.6 Å². The summed E-state index contributed by atoms with van der Waals surface area (Å²) in [7, 11) is 0. The van der Waals surface area contributed by atoms with E-state index in [9.17, 15) is 49.1 Å². The third kappa shape index (κ3) is 6.56. The predicted octanol–water partition coefficient (Wildman–Crippen LogP) is 7.98. The highest BCUT2D eigenvalue weighted by Gasteiger charge is 2.47. The number of alkyl halides is 9. The number of anilines is 1. The van der Waals surface area contributed by atoms with Gasteiger partial charge in [-0.1, -0.05) is 0 Å². The SMILES string of the molecule is CCOC(=O)N1c2ccc(C(F)(F)F)cc2[C@@H](N(Cc2cc(C(F)(F)F)cc(C(F)(F)F)c2)C(C)=O)C[C@H]1C1CC1. The number of rotatable bonds is 5. The Morgan fingerprint density at radius 1 is 0.878 bits per heavy atom. The molecule has 1 aliphatic heterocycles. The van der Waals surface area contributed by atoms with Gasteiger partial charge in [-0.2, -0.15) is 39.5 Å². The van der Waals surface area contributed by atoms with Gasteiger partial charge in [0.1, 0.15) is 0 Å². The Hall–Kier alpha value is -3.45. The number of nitrogens with zero attached hydrogens (tertiary/aromatic N) is 2. The van der Waals surface area contributed by atoms with Gasteiger partial charge in [-0.15, -0.1) is 0 Å². The Labute approximate surface area is 228 Å². The zero-order chi connectivity index (χ0) is 30.5. The number of fused-ring (bicyclic) bond motifs is 1. The summed E-state index contributed by atoms with van der Waals surface area (Å²) in [5.41, 5.74) is -4.88. The van der Waals surface area contributed by atoms with Gasteiger partial charge < -0.3 is 9.64 Å². The Bertz CT molecular complexity index is 1280. The maximum atomic E-state index is 13.7. The summed E-state index contributed by atoms with van der Waals surface area (Å²) in [6, 6.07) is 1.67. The molecular weight excluding hydrogens is 571 g/mol. The number of carbonyl (C=O) groups excluding carboxylic acids is 2. The van der Waals surface area contributed by atoms with Crippen LogP contribution < -0.4 is 4.90 Å². The third-order valence-corrected chi connectivity index (χ3v) is 7.18. The van der Waals surface area contributed by atoms with Gasteiger partial charge in [0.25, 0.3) is 0 Å². The lowest BCUT2D eigenvalue weighted by Gasteiger charge is -2.44. The van der Waals surface area contributed by atoms with E-state index in [2.05, 4.69) is 0 Å². The molecule has 1 saturated carbocycles. The van der Waals surface area contributed by atoms with Crippen molar-refractivity contribution < 1.29 is 53.8 Å². The average molecular weight is 596 g/mol. The topological polar surface area (TPSA) is 49.9 Å². The molecule has 2 atom stereocenters. The van der Waals surface area contributed by atoms with Crippen molar-refractivity contribution in [3.63, 3.8) is 0 Å². The van der Waals surface area contributed by atoms with E-state index in [-0.39, 0.29) is 36.3 Å². The van der Waals surface area contributed by atoms with Crippen LogP contribution in [-0.4, -0.2) is 29.5 Å². The molecule has 0 bridgehead atoms. The summed E-state index contributed by atoms with van der Waals surface area (Å²) in [5, 5.41) is 0. The number of benzene rings is 2. The fourth-order valence-corrected chi connectivity index (χ4v) is 5.21. The van der Waals surface area contributed by atoms with E-state index >= 15 is 0 Å². The highest BCUT2D eigenvalue weighted by molar-refractivity contribution is 5.91. The van der Waals surface area contributed by atoms with Crippen LogP contribution >= 0.6 is 0 Å². The standard InChI is InChI=1S/C27H25F9N2O3/c1-3-41-24(40)38-21-7-6-17(25(28,29)30)11-20(21)23(12-22(38)16-4-5-16)37(14(2)39)13-15-8-18(26(31,32)33)10-19(9-15)27(34,35)36/h6-11,16,22-23H,3-5,12-13H2,1-2H3/t22-,23-/m0/s1. The lowest BCUT2D eigenvalue weighted by molar-refractivity contribution is -0.143. The van der Waals surface area contributed by atoms with Crippen molar-refractivity contribution in [1.29, 1.82) is 0 Å². The minimum atomic E-state index is -5.13. The van der Waals surface area contributed by atoms with E-state index in [1.807, 2.05) is 0 Å². The summed E-state index contributed by atoms with van der Waals surface area (Å²) < 4.78 is 127. The van der Waals surface area contributed by atoms with E-state index in [0.29, 0.717) is 25.0 Å². The molecule has 1 heterocycles. The summed E-state index contributed by atoms with van der Waals surface area (Å²) in [6.45, 7) is 1.80. The molecule has 4 rings (SSSR count). The van der Waals surface area contributed by atoms with Crippen molar-refractivity contribution in [3.05, 3.63) is 64.2 Å². The van der Waals surface area contributed by atoms with Crippen molar-refractivity contribution in [2.75, 3.05) is 11.5 Å². The summed E-state index contributed by atoms with van der Waals surface area (Å²) in [5.74, 6) is -0.875. The smallest absolute Gasteiger partial charge is 0.416 e. The van der Waals surface area contributed by atoms with Crippen LogP contribution in [0.5, 0.6) is 0 Å². The highest BCUT2D eigenvalue weighted by atomic mass is 19.4. The zero-order valence-electron chi connectivity index (χ0n) is 21.8. The molecular formula is C27H25F9N2O3. The summed E-state index contributed by atoms with van der Waals surface area (Å²) in [6.07, 6.45) is -14.6. The molecule has 2 aromatic rings. The van der Waals surface area contributed by atoms with Gasteiger partial charge in [-0.25, -0.2) is 4.79 Å². The van der Waals surface area contributed by atoms with Crippen LogP contribution in [-0.2, 0) is 34.6 Å². The first-order chi connectivity index (χ1) is 18.9. The predicted molar refractivity (Wildman–Crippen MR) is 127 cm³/mol. The Balaban J connectivity index is 1.86. The highest BCUT2D eigenvalue weighted by Crippen LogP contribution is 2.50. The van der Waals surface area contributed by atoms with Gasteiger partial charge in [-0.3, -0.25) is 9.69 Å². The summed E-state index contributed by atoms with van der Waals surface area (Å²) >= 11 is 0. The van der Waals surface area contributed by atoms with Crippen molar-refractivity contribution in [1.82, 2.24) is 4.90 Å². The van der Waals surface area contributed by atoms with Crippen LogP contribution in [0, 0.1) is 5.92 Å². The van der Waals surface area contributed by atoms with Crippen LogP contribution in [0.3, 0.4) is 0 Å². The minimum Gasteiger partial charge on any atom is -0.449 e. The number of hydrogen-bond acceptors (Lipinski definition) is 3. The largest absolute Gasteiger partial charge is 0.449 e. The van der Waals surface area contributed by atoms with Crippen molar-refractivity contribution in [2.45, 2.75) is 70.3 Å². The molecule has 0 spiro atoms. The minimum absolute atomic E-state index is 0.0240. The molecule has 224 valence electrons. The molecule has 0 unspecified atom stereocenters. The second-order valence-electron chi connectivity index (χ2n) is 10.1. The Morgan fingerprint density at radius 2 is 1.44 bits per heavy atom. The fraction of sp³-hybridized carbons (Fsp3) is 0.481. The Kier molecular flexibility index (Phi) is 8.00. The number of ether oxygens (including phenoxy) is 1. The first-order valence-electron chi connectivity index (χ1n) is 12.6. The van der Waals surface area contributed by atoms with Crippen LogP contribution in [0.25, 0.3) is 0 Å². The monoisotopic (exact) mass is 596 g/mol. The van der Waals surface area contributed by atoms with E-state index in [4.69, 9.17) is 4.74 Å². The van der Waals surface area contributed by atoms with Crippen molar-refractivity contribution >= 4 is 17.7 Å². The molecule has 0 N–H and O–H groups in total. The maximum Gasteiger partial charge on any atom is 0.416 e. The lowest BCUT2D eigenvalue weighted by atomic mass is 9.86. The zero-order valence-corrected chi connectivity index (χ0v) is 21.8. The maximum absolute atomic E-state index is 13.7. The molecule has 14 heteroatoms. The van der Waals surface area contributed by atoms with Crippen LogP contribution in [0.1, 0.15) is 67.0 Å². The molecule has 1 fully saturated rings. The number of halogens is 9. The second-order valence-corrected chi connectivity index (χ2v) is 10.1. The molecule has 0 radical (unpaired) electrons. The van der Waals surface area contributed by atoms with Crippen molar-refractivity contribution in [2.24, 2.45) is 5.92 Å². The van der Waals surface area contributed by atoms with E-state index < -0.39 is 71.4 Å². The molecule has 1 aliphatic carbocycles. The van der Waals surface area contributed by atoms with Crippen LogP contribution in [0.15, 0.2) is 36.4 Å². The third-order valence-electron chi connectivity index (χ3n) is 7.18. The second kappa shape index (κ2) is 10.8. The molecule has 0 aromatic heterocycles. The van der Waals surface area contributed by atoms with Crippen molar-refractivity contribution in [3.8, 4) is 0 Å². The van der Waals surface area contributed by atoms with Gasteiger partial charge in [0.15, 0.2) is 0 Å². The Morgan fingerprint density at radius 3 is 1.90 bits per heavy atom. The van der Waals surface area contributed by atoms with Gasteiger partial charge in [0.05, 0.1) is 35.0 Å². The van der Waals surface area contributed by atoms with Crippen LogP contribution in [0.4, 0.5) is 50.0 Å². The molecule has 0 saturated heterocycles. The number of hydrogen-bond donors (Lipinski definition) is 0. The van der Waals surface area contributed by atoms with E-state index in [1.54, 1.807) is 6.92 Å². The van der Waals surface area contributed by atoms with Crippen LogP contribution in [0.2, 0.25) is 0 Å². The van der Waals surface area contributed by atoms with Gasteiger partial charge in [0.2, 0.25) is 5.91 Å². The summed E-state index contributed by atoms with van der Waals surface area (Å²) in [4.78, 5) is 28.0. The van der Waals surface area contributed by atoms with E-state index in [1.165, 1.54) is 4.90 Å². The molecule has 2 amide bonds. The first kappa shape index (κ1) is 30.5. The average Bonchev–Trinajstić information content (AvgIpc) is 3.70. The molecule has 2 aliphatic rings. The normalized spacial score (nSPS) is 19.5. The lowest BCUT2D eigenvalue weighted by Crippen LogP contribution is -2.49. The van der Waals surface area contributed by atoms with Gasteiger partial charge in [-0.05, 0) is 79.6 Å². The first-order valence-corrected chi connectivity index (χ1v) is 12.6. The quantitative estimate of drug-likeness (QED) is 0.329. The van der Waals surface area contributed by atoms with Gasteiger partial charge in [0, 0.05) is 19.5 Å². The number of amides is 2. The molecule has 5 nitrogen and oxygen atoms in total. The van der Waals surface area contributed by atoms with E-state index in [0.717, 1.165) is 30.0 Å². The molecule has 41 heavy (non-hydrogen) atoms. The fourth-order valence-electron chi connectivity index (χ4n) is 5.21.